The summed E-state index contributed by atoms with van der Waals surface area (Å²) in [4.78, 5) is 11.6. The van der Waals surface area contributed by atoms with Gasteiger partial charge in [-0.05, 0) is 24.1 Å². The van der Waals surface area contributed by atoms with Gasteiger partial charge in [0, 0.05) is 11.4 Å². The van der Waals surface area contributed by atoms with Gasteiger partial charge in [-0.2, -0.15) is 0 Å². The molecule has 0 saturated heterocycles. The second-order valence-corrected chi connectivity index (χ2v) is 4.82. The summed E-state index contributed by atoms with van der Waals surface area (Å²) in [5.74, 6) is 1.23. The Kier molecular flexibility index (Phi) is 6.06. The molecule has 1 aromatic carbocycles. The Morgan fingerprint density at radius 1 is 1.47 bits per heavy atom. The summed E-state index contributed by atoms with van der Waals surface area (Å²) >= 11 is 5.82. The molecule has 0 fully saturated rings. The van der Waals surface area contributed by atoms with E-state index in [1.807, 2.05) is 6.07 Å². The Hall–Kier alpha value is -1.02. The molecule has 1 atom stereocenters. The van der Waals surface area contributed by atoms with Crippen LogP contribution in [0.25, 0.3) is 0 Å². The van der Waals surface area contributed by atoms with Crippen LogP contribution in [0, 0.1) is 5.92 Å². The zero-order valence-electron chi connectivity index (χ0n) is 10.4. The van der Waals surface area contributed by atoms with Crippen LogP contribution in [0.2, 0.25) is 5.02 Å². The van der Waals surface area contributed by atoms with Gasteiger partial charge in [0.1, 0.15) is 12.4 Å². The predicted molar refractivity (Wildman–Crippen MR) is 70.6 cm³/mol. The zero-order valence-corrected chi connectivity index (χ0v) is 11.2. The van der Waals surface area contributed by atoms with E-state index in [9.17, 15) is 4.79 Å². The van der Waals surface area contributed by atoms with E-state index in [0.717, 1.165) is 12.8 Å². The Labute approximate surface area is 108 Å². The first-order valence-corrected chi connectivity index (χ1v) is 6.39. The SMILES string of the molecule is CCCC(C)CC(=O)COc1cccc(Cl)c1. The van der Waals surface area contributed by atoms with Gasteiger partial charge in [0.05, 0.1) is 0 Å². The Balaban J connectivity index is 2.33. The maximum absolute atomic E-state index is 11.6. The molecule has 0 spiro atoms. The van der Waals surface area contributed by atoms with Gasteiger partial charge >= 0.3 is 0 Å². The Bertz CT molecular complexity index is 363. The van der Waals surface area contributed by atoms with E-state index in [-0.39, 0.29) is 12.4 Å². The molecule has 1 aromatic rings. The van der Waals surface area contributed by atoms with Crippen molar-refractivity contribution >= 4 is 17.4 Å². The molecule has 94 valence electrons. The maximum Gasteiger partial charge on any atom is 0.170 e. The first-order valence-electron chi connectivity index (χ1n) is 6.02. The van der Waals surface area contributed by atoms with Crippen molar-refractivity contribution < 1.29 is 9.53 Å². The Morgan fingerprint density at radius 3 is 2.88 bits per heavy atom. The summed E-state index contributed by atoms with van der Waals surface area (Å²) in [7, 11) is 0. The summed E-state index contributed by atoms with van der Waals surface area (Å²) in [5.41, 5.74) is 0. The van der Waals surface area contributed by atoms with Crippen LogP contribution in [-0.4, -0.2) is 12.4 Å². The largest absolute Gasteiger partial charge is 0.486 e. The van der Waals surface area contributed by atoms with Crippen molar-refractivity contribution in [2.45, 2.75) is 33.1 Å². The molecule has 0 aliphatic rings. The summed E-state index contributed by atoms with van der Waals surface area (Å²) in [5, 5.41) is 0.620. The van der Waals surface area contributed by atoms with E-state index >= 15 is 0 Å². The highest BCUT2D eigenvalue weighted by Gasteiger charge is 2.09. The number of rotatable bonds is 7. The lowest BCUT2D eigenvalue weighted by Gasteiger charge is -2.10. The number of Topliss-reactive ketones (excluding diaryl/α,β-unsaturated/α-hetero) is 1. The lowest BCUT2D eigenvalue weighted by atomic mass is 10.00. The summed E-state index contributed by atoms with van der Waals surface area (Å²) < 4.78 is 5.39. The molecule has 0 saturated carbocycles. The number of ether oxygens (including phenoxy) is 1. The molecular formula is C14H19ClO2. The molecule has 0 bridgehead atoms. The standard InChI is InChI=1S/C14H19ClO2/c1-3-5-11(2)8-13(16)10-17-14-7-4-6-12(15)9-14/h4,6-7,9,11H,3,5,8,10H2,1-2H3. The second-order valence-electron chi connectivity index (χ2n) is 4.38. The number of carbonyl (C=O) groups excluding carboxylic acids is 1. The number of halogens is 1. The fourth-order valence-electron chi connectivity index (χ4n) is 1.76. The summed E-state index contributed by atoms with van der Waals surface area (Å²) in [6.45, 7) is 4.36. The number of hydrogen-bond donors (Lipinski definition) is 0. The van der Waals surface area contributed by atoms with Crippen LogP contribution in [-0.2, 0) is 4.79 Å². The first kappa shape index (κ1) is 14.0. The van der Waals surface area contributed by atoms with Crippen LogP contribution in [0.3, 0.4) is 0 Å². The van der Waals surface area contributed by atoms with E-state index in [0.29, 0.717) is 23.1 Å². The van der Waals surface area contributed by atoms with E-state index < -0.39 is 0 Å². The molecule has 0 N–H and O–H groups in total. The molecule has 1 rings (SSSR count). The van der Waals surface area contributed by atoms with Gasteiger partial charge in [0.2, 0.25) is 0 Å². The van der Waals surface area contributed by atoms with Gasteiger partial charge in [0.25, 0.3) is 0 Å². The molecule has 0 radical (unpaired) electrons. The van der Waals surface area contributed by atoms with E-state index in [1.165, 1.54) is 0 Å². The predicted octanol–water partition coefficient (Wildman–Crippen LogP) is 4.11. The number of ketones is 1. The maximum atomic E-state index is 11.6. The van der Waals surface area contributed by atoms with E-state index in [1.54, 1.807) is 18.2 Å². The summed E-state index contributed by atoms with van der Waals surface area (Å²) in [6, 6.07) is 7.10. The highest BCUT2D eigenvalue weighted by Crippen LogP contribution is 2.17. The minimum atomic E-state index is 0.133. The molecule has 2 nitrogen and oxygen atoms in total. The number of benzene rings is 1. The minimum absolute atomic E-state index is 0.133. The van der Waals surface area contributed by atoms with Gasteiger partial charge in [-0.25, -0.2) is 0 Å². The lowest BCUT2D eigenvalue weighted by Crippen LogP contribution is -2.14. The van der Waals surface area contributed by atoms with Gasteiger partial charge in [0.15, 0.2) is 5.78 Å². The van der Waals surface area contributed by atoms with Crippen molar-refractivity contribution in [2.24, 2.45) is 5.92 Å². The smallest absolute Gasteiger partial charge is 0.170 e. The molecule has 0 aliphatic heterocycles. The molecule has 0 aromatic heterocycles. The van der Waals surface area contributed by atoms with Crippen molar-refractivity contribution in [1.29, 1.82) is 0 Å². The zero-order chi connectivity index (χ0) is 12.7. The molecule has 0 heterocycles. The molecule has 1 unspecified atom stereocenters. The van der Waals surface area contributed by atoms with Crippen molar-refractivity contribution in [3.8, 4) is 5.75 Å². The average molecular weight is 255 g/mol. The lowest BCUT2D eigenvalue weighted by molar-refractivity contribution is -0.121. The van der Waals surface area contributed by atoms with Crippen molar-refractivity contribution in [2.75, 3.05) is 6.61 Å². The highest BCUT2D eigenvalue weighted by atomic mass is 35.5. The van der Waals surface area contributed by atoms with Crippen LogP contribution in [0.5, 0.6) is 5.75 Å². The van der Waals surface area contributed by atoms with Gasteiger partial charge < -0.3 is 4.74 Å². The van der Waals surface area contributed by atoms with Crippen LogP contribution >= 0.6 is 11.6 Å². The van der Waals surface area contributed by atoms with Crippen molar-refractivity contribution in [1.82, 2.24) is 0 Å². The van der Waals surface area contributed by atoms with Gasteiger partial charge in [-0.1, -0.05) is 44.4 Å². The molecular weight excluding hydrogens is 236 g/mol. The topological polar surface area (TPSA) is 26.3 Å². The van der Waals surface area contributed by atoms with Crippen molar-refractivity contribution in [3.63, 3.8) is 0 Å². The van der Waals surface area contributed by atoms with Crippen LogP contribution < -0.4 is 4.74 Å². The number of carbonyl (C=O) groups is 1. The first-order chi connectivity index (χ1) is 8.11. The Morgan fingerprint density at radius 2 is 2.24 bits per heavy atom. The molecule has 3 heteroatoms. The van der Waals surface area contributed by atoms with Crippen LogP contribution in [0.4, 0.5) is 0 Å². The fraction of sp³-hybridized carbons (Fsp3) is 0.500. The fourth-order valence-corrected chi connectivity index (χ4v) is 1.94. The molecule has 17 heavy (non-hydrogen) atoms. The quantitative estimate of drug-likeness (QED) is 0.732. The summed E-state index contributed by atoms with van der Waals surface area (Å²) in [6.07, 6.45) is 2.79. The van der Waals surface area contributed by atoms with Crippen LogP contribution in [0.15, 0.2) is 24.3 Å². The van der Waals surface area contributed by atoms with Gasteiger partial charge in [-0.15, -0.1) is 0 Å². The third-order valence-electron chi connectivity index (χ3n) is 2.55. The van der Waals surface area contributed by atoms with Crippen molar-refractivity contribution in [3.05, 3.63) is 29.3 Å². The third-order valence-corrected chi connectivity index (χ3v) is 2.79. The average Bonchev–Trinajstić information content (AvgIpc) is 2.27. The second kappa shape index (κ2) is 7.33. The highest BCUT2D eigenvalue weighted by molar-refractivity contribution is 6.30. The molecule has 0 amide bonds. The monoisotopic (exact) mass is 254 g/mol. The normalized spacial score (nSPS) is 12.2. The van der Waals surface area contributed by atoms with E-state index in [4.69, 9.17) is 16.3 Å². The molecule has 0 aliphatic carbocycles. The van der Waals surface area contributed by atoms with Crippen LogP contribution in [0.1, 0.15) is 33.1 Å². The van der Waals surface area contributed by atoms with Gasteiger partial charge in [-0.3, -0.25) is 4.79 Å². The number of hydrogen-bond acceptors (Lipinski definition) is 2. The van der Waals surface area contributed by atoms with E-state index in [2.05, 4.69) is 13.8 Å². The minimum Gasteiger partial charge on any atom is -0.486 e. The third kappa shape index (κ3) is 5.73.